The van der Waals surface area contributed by atoms with E-state index >= 15 is 0 Å². The number of oxime groups is 1. The van der Waals surface area contributed by atoms with Crippen LogP contribution in [-0.2, 0) is 25.7 Å². The van der Waals surface area contributed by atoms with E-state index in [9.17, 15) is 9.59 Å². The van der Waals surface area contributed by atoms with Crippen molar-refractivity contribution in [2.24, 2.45) is 5.16 Å². The lowest BCUT2D eigenvalue weighted by molar-refractivity contribution is -0.141. The molecule has 2 heterocycles. The minimum absolute atomic E-state index is 0. The molecule has 3 aromatic carbocycles. The largest absolute Gasteiger partial charge is 0.491 e. The van der Waals surface area contributed by atoms with Gasteiger partial charge in [-0.3, -0.25) is 4.79 Å². The predicted molar refractivity (Wildman–Crippen MR) is 161 cm³/mol. The molecule has 1 aromatic heterocycles. The second kappa shape index (κ2) is 11.8. The molecular formula is C33H38N2O6. The minimum Gasteiger partial charge on any atom is -0.491 e. The number of fused-ring (bicyclic) bond motifs is 3. The quantitative estimate of drug-likeness (QED) is 0.102. The van der Waals surface area contributed by atoms with Crippen LogP contribution >= 0.6 is 0 Å². The third-order valence-electron chi connectivity index (χ3n) is 7.12. The molecule has 0 N–H and O–H groups in total. The molecule has 0 aliphatic carbocycles. The van der Waals surface area contributed by atoms with Crippen molar-refractivity contribution in [1.29, 1.82) is 0 Å². The van der Waals surface area contributed by atoms with E-state index in [1.54, 1.807) is 6.92 Å². The molecule has 1 fully saturated rings. The van der Waals surface area contributed by atoms with E-state index in [1.165, 1.54) is 6.92 Å². The Morgan fingerprint density at radius 2 is 1.66 bits per heavy atom. The van der Waals surface area contributed by atoms with Crippen LogP contribution in [0.3, 0.4) is 0 Å². The first-order valence-corrected chi connectivity index (χ1v) is 13.4. The van der Waals surface area contributed by atoms with Gasteiger partial charge in [-0.2, -0.15) is 0 Å². The maximum absolute atomic E-state index is 13.6. The van der Waals surface area contributed by atoms with E-state index in [0.717, 1.165) is 39.5 Å². The Morgan fingerprint density at radius 3 is 2.24 bits per heavy atom. The summed E-state index contributed by atoms with van der Waals surface area (Å²) in [4.78, 5) is 29.7. The van der Waals surface area contributed by atoms with Crippen LogP contribution in [0.25, 0.3) is 21.8 Å². The second-order valence-electron chi connectivity index (χ2n) is 10.5. The molecule has 1 atom stereocenters. The number of aromatic nitrogens is 1. The summed E-state index contributed by atoms with van der Waals surface area (Å²) in [5.74, 6) is -0.436. The van der Waals surface area contributed by atoms with Crippen molar-refractivity contribution in [3.8, 4) is 5.75 Å². The summed E-state index contributed by atoms with van der Waals surface area (Å²) in [6, 6.07) is 17.4. The van der Waals surface area contributed by atoms with Crippen molar-refractivity contribution in [3.63, 3.8) is 0 Å². The molecule has 216 valence electrons. The fourth-order valence-corrected chi connectivity index (χ4v) is 5.17. The Bertz CT molecular complexity index is 1650. The van der Waals surface area contributed by atoms with E-state index in [4.69, 9.17) is 19.0 Å². The number of aryl methyl sites for hydroxylation is 2. The minimum atomic E-state index is -0.595. The average molecular weight is 559 g/mol. The Morgan fingerprint density at radius 1 is 1.00 bits per heavy atom. The van der Waals surface area contributed by atoms with Gasteiger partial charge >= 0.3 is 5.97 Å². The number of rotatable bonds is 8. The Kier molecular flexibility index (Phi) is 8.66. The van der Waals surface area contributed by atoms with Gasteiger partial charge in [-0.1, -0.05) is 18.6 Å². The Balaban J connectivity index is 0.00000387. The fourth-order valence-electron chi connectivity index (χ4n) is 5.17. The average Bonchev–Trinajstić information content (AvgIpc) is 3.45. The van der Waals surface area contributed by atoms with Crippen molar-refractivity contribution in [2.75, 3.05) is 13.2 Å². The number of ether oxygens (including phenoxy) is 3. The Labute approximate surface area is 240 Å². The van der Waals surface area contributed by atoms with Crippen LogP contribution < -0.4 is 4.74 Å². The van der Waals surface area contributed by atoms with Gasteiger partial charge in [0.1, 0.15) is 18.5 Å². The molecule has 1 saturated heterocycles. The zero-order valence-corrected chi connectivity index (χ0v) is 23.7. The lowest BCUT2D eigenvalue weighted by Gasteiger charge is -2.17. The van der Waals surface area contributed by atoms with Gasteiger partial charge in [0.05, 0.1) is 12.3 Å². The van der Waals surface area contributed by atoms with Gasteiger partial charge in [-0.25, -0.2) is 4.79 Å². The lowest BCUT2D eigenvalue weighted by Crippen LogP contribution is -2.25. The molecule has 0 bridgehead atoms. The van der Waals surface area contributed by atoms with Gasteiger partial charge in [-0.15, -0.1) is 0 Å². The zero-order chi connectivity index (χ0) is 28.6. The number of hydrogen-bond acceptors (Lipinski definition) is 7. The zero-order valence-electron chi connectivity index (χ0n) is 23.7. The fraction of sp³-hybridized carbons (Fsp3) is 0.364. The molecule has 8 nitrogen and oxygen atoms in total. The number of hydrogen-bond donors (Lipinski definition) is 0. The highest BCUT2D eigenvalue weighted by Gasteiger charge is 2.33. The molecule has 41 heavy (non-hydrogen) atoms. The third-order valence-corrected chi connectivity index (χ3v) is 7.12. The molecular weight excluding hydrogens is 520 g/mol. The van der Waals surface area contributed by atoms with Crippen LogP contribution in [0.4, 0.5) is 0 Å². The summed E-state index contributed by atoms with van der Waals surface area (Å²) in [6.07, 6.45) is -0.133. The SMILES string of the molecule is C.CCn1c2ccc(C(=O)c3ccc(OCC4COC(C)(C)O4)cc3C)cc2c2cc(/C(C)=N/OC(C)=O)ccc21. The van der Waals surface area contributed by atoms with Crippen LogP contribution in [0.2, 0.25) is 0 Å². The molecule has 0 saturated carbocycles. The van der Waals surface area contributed by atoms with Gasteiger partial charge < -0.3 is 23.6 Å². The molecule has 0 spiro atoms. The molecule has 1 aliphatic rings. The highest BCUT2D eigenvalue weighted by atomic mass is 16.7. The summed E-state index contributed by atoms with van der Waals surface area (Å²) in [5.41, 5.74) is 5.60. The smallest absolute Gasteiger partial charge is 0.331 e. The summed E-state index contributed by atoms with van der Waals surface area (Å²) >= 11 is 0. The Hall–Kier alpha value is -4.01. The number of carbonyl (C=O) groups is 2. The van der Waals surface area contributed by atoms with Crippen LogP contribution in [0, 0.1) is 6.92 Å². The monoisotopic (exact) mass is 558 g/mol. The maximum atomic E-state index is 13.6. The second-order valence-corrected chi connectivity index (χ2v) is 10.5. The van der Waals surface area contributed by atoms with Crippen molar-refractivity contribution in [2.45, 2.75) is 67.4 Å². The number of nitrogens with zero attached hydrogens (tertiary/aromatic N) is 2. The predicted octanol–water partition coefficient (Wildman–Crippen LogP) is 6.81. The third kappa shape index (κ3) is 6.19. The highest BCUT2D eigenvalue weighted by molar-refractivity contribution is 6.16. The van der Waals surface area contributed by atoms with Gasteiger partial charge in [0.15, 0.2) is 11.6 Å². The maximum Gasteiger partial charge on any atom is 0.331 e. The normalized spacial score (nSPS) is 16.5. The first kappa shape index (κ1) is 30.0. The molecule has 1 aliphatic heterocycles. The number of ketones is 1. The lowest BCUT2D eigenvalue weighted by atomic mass is 9.97. The molecule has 1 unspecified atom stereocenters. The van der Waals surface area contributed by atoms with Crippen LogP contribution in [0.15, 0.2) is 59.8 Å². The summed E-state index contributed by atoms with van der Waals surface area (Å²) in [6.45, 7) is 12.5. The summed E-state index contributed by atoms with van der Waals surface area (Å²) < 4.78 is 19.6. The van der Waals surface area contributed by atoms with E-state index in [1.807, 2.05) is 75.4 Å². The molecule has 8 heteroatoms. The first-order valence-electron chi connectivity index (χ1n) is 13.4. The van der Waals surface area contributed by atoms with Crippen LogP contribution in [0.1, 0.15) is 69.1 Å². The highest BCUT2D eigenvalue weighted by Crippen LogP contribution is 2.32. The van der Waals surface area contributed by atoms with Gasteiger partial charge in [0.2, 0.25) is 0 Å². The standard InChI is InChI=1S/C32H34N2O6.CH4/c1-7-34-29-12-8-22(20(3)33-40-21(4)35)15-27(29)28-16-23(9-13-30(28)34)31(36)26-11-10-24(14-19(26)2)37-17-25-18-38-32(5,6)39-25;/h8-16,25H,7,17-18H2,1-6H3;1H4/b33-20+;. The van der Waals surface area contributed by atoms with Gasteiger partial charge in [0.25, 0.3) is 0 Å². The molecule has 0 amide bonds. The molecule has 5 rings (SSSR count). The molecule has 0 radical (unpaired) electrons. The van der Waals surface area contributed by atoms with Crippen molar-refractivity contribution < 1.29 is 28.6 Å². The van der Waals surface area contributed by atoms with Crippen molar-refractivity contribution in [1.82, 2.24) is 4.57 Å². The first-order chi connectivity index (χ1) is 19.1. The van der Waals surface area contributed by atoms with Crippen molar-refractivity contribution >= 4 is 39.3 Å². The van der Waals surface area contributed by atoms with E-state index in [0.29, 0.717) is 35.8 Å². The van der Waals surface area contributed by atoms with E-state index in [-0.39, 0.29) is 19.3 Å². The summed E-state index contributed by atoms with van der Waals surface area (Å²) in [7, 11) is 0. The number of carbonyl (C=O) groups excluding carboxylic acids is 2. The summed E-state index contributed by atoms with van der Waals surface area (Å²) in [5, 5.41) is 5.91. The van der Waals surface area contributed by atoms with E-state index < -0.39 is 11.8 Å². The van der Waals surface area contributed by atoms with Crippen LogP contribution in [-0.4, -0.2) is 47.1 Å². The van der Waals surface area contributed by atoms with Crippen LogP contribution in [0.5, 0.6) is 5.75 Å². The van der Waals surface area contributed by atoms with Crippen molar-refractivity contribution in [3.05, 3.63) is 76.9 Å². The topological polar surface area (TPSA) is 88.3 Å². The molecule has 4 aromatic rings. The number of benzene rings is 3. The van der Waals surface area contributed by atoms with E-state index in [2.05, 4.69) is 16.6 Å². The van der Waals surface area contributed by atoms with Gasteiger partial charge in [0, 0.05) is 46.4 Å². The van der Waals surface area contributed by atoms with Gasteiger partial charge in [-0.05, 0) is 94.3 Å².